The van der Waals surface area contributed by atoms with Gasteiger partial charge in [0, 0.05) is 12.0 Å². The Morgan fingerprint density at radius 1 is 1.15 bits per heavy atom. The fraction of sp³-hybridized carbons (Fsp3) is 0.333. The fourth-order valence-electron chi connectivity index (χ4n) is 1.02. The fourth-order valence-corrected chi connectivity index (χ4v) is 1.02. The van der Waals surface area contributed by atoms with Crippen molar-refractivity contribution in [1.29, 1.82) is 0 Å². The number of hydrogen-bond acceptors (Lipinski definition) is 1. The molecule has 1 aromatic rings. The first-order valence-corrected chi connectivity index (χ1v) is 3.90. The van der Waals surface area contributed by atoms with E-state index >= 15 is 0 Å². The summed E-state index contributed by atoms with van der Waals surface area (Å²) in [4.78, 5) is 0. The van der Waals surface area contributed by atoms with Crippen LogP contribution in [-0.4, -0.2) is 6.54 Å². The number of benzene rings is 1. The lowest BCUT2D eigenvalue weighted by Gasteiger charge is -2.15. The number of rotatable bonds is 3. The number of hydrogen-bond donors (Lipinski definition) is 1. The largest absolute Gasteiger partial charge is 0.330 e. The summed E-state index contributed by atoms with van der Waals surface area (Å²) >= 11 is 0. The third-order valence-corrected chi connectivity index (χ3v) is 1.72. The summed E-state index contributed by atoms with van der Waals surface area (Å²) in [6.45, 7) is -0.0929. The first kappa shape index (κ1) is 10.1. The summed E-state index contributed by atoms with van der Waals surface area (Å²) in [6.07, 6.45) is -0.418. The molecule has 1 rings (SSSR count). The van der Waals surface area contributed by atoms with Gasteiger partial charge in [-0.1, -0.05) is 12.1 Å². The third-order valence-electron chi connectivity index (χ3n) is 1.72. The van der Waals surface area contributed by atoms with Crippen molar-refractivity contribution >= 4 is 0 Å². The molecule has 0 aromatic heterocycles. The Balaban J connectivity index is 2.87. The van der Waals surface area contributed by atoms with Crippen LogP contribution in [0.4, 0.5) is 13.2 Å². The molecule has 0 aliphatic rings. The molecule has 0 saturated heterocycles. The second-order valence-electron chi connectivity index (χ2n) is 2.75. The van der Waals surface area contributed by atoms with E-state index in [1.165, 1.54) is 0 Å². The van der Waals surface area contributed by atoms with Crippen molar-refractivity contribution in [2.75, 3.05) is 6.54 Å². The zero-order chi connectivity index (χ0) is 9.90. The average Bonchev–Trinajstić information content (AvgIpc) is 2.05. The van der Waals surface area contributed by atoms with Crippen molar-refractivity contribution in [3.05, 3.63) is 35.6 Å². The molecule has 1 aromatic carbocycles. The highest BCUT2D eigenvalue weighted by atomic mass is 19.3. The van der Waals surface area contributed by atoms with Crippen LogP contribution in [0.1, 0.15) is 12.0 Å². The van der Waals surface area contributed by atoms with Gasteiger partial charge < -0.3 is 5.73 Å². The Hall–Kier alpha value is -1.03. The highest BCUT2D eigenvalue weighted by Crippen LogP contribution is 2.30. The second kappa shape index (κ2) is 3.79. The van der Waals surface area contributed by atoms with E-state index < -0.39 is 18.2 Å². The Labute approximate surface area is 74.4 Å². The molecule has 2 N–H and O–H groups in total. The molecule has 72 valence electrons. The van der Waals surface area contributed by atoms with Crippen LogP contribution in [0.5, 0.6) is 0 Å². The summed E-state index contributed by atoms with van der Waals surface area (Å²) in [5.74, 6) is -3.48. The molecular weight excluding hydrogens is 179 g/mol. The Bertz CT molecular complexity index is 269. The molecule has 13 heavy (non-hydrogen) atoms. The molecule has 0 atom stereocenters. The van der Waals surface area contributed by atoms with Gasteiger partial charge in [-0.3, -0.25) is 0 Å². The van der Waals surface area contributed by atoms with Gasteiger partial charge in [-0.25, -0.2) is 13.2 Å². The average molecular weight is 189 g/mol. The molecule has 1 nitrogen and oxygen atoms in total. The second-order valence-corrected chi connectivity index (χ2v) is 2.75. The van der Waals surface area contributed by atoms with Crippen LogP contribution < -0.4 is 5.73 Å². The summed E-state index contributed by atoms with van der Waals surface area (Å²) in [5.41, 5.74) is 4.83. The molecule has 0 radical (unpaired) electrons. The van der Waals surface area contributed by atoms with Gasteiger partial charge in [-0.15, -0.1) is 0 Å². The molecule has 0 spiro atoms. The van der Waals surface area contributed by atoms with Gasteiger partial charge in [0.15, 0.2) is 0 Å². The van der Waals surface area contributed by atoms with Crippen LogP contribution in [0.25, 0.3) is 0 Å². The lowest BCUT2D eigenvalue weighted by molar-refractivity contribution is -0.0107. The lowest BCUT2D eigenvalue weighted by atomic mass is 10.1. The Morgan fingerprint density at radius 3 is 2.15 bits per heavy atom. The van der Waals surface area contributed by atoms with Crippen molar-refractivity contribution in [2.24, 2.45) is 5.73 Å². The van der Waals surface area contributed by atoms with Gasteiger partial charge in [0.25, 0.3) is 5.92 Å². The monoisotopic (exact) mass is 189 g/mol. The lowest BCUT2D eigenvalue weighted by Crippen LogP contribution is -2.18. The minimum absolute atomic E-state index is 0.0929. The van der Waals surface area contributed by atoms with Crippen molar-refractivity contribution in [1.82, 2.24) is 0 Å². The van der Waals surface area contributed by atoms with Crippen LogP contribution in [0, 0.1) is 5.82 Å². The molecule has 0 amide bonds. The highest BCUT2D eigenvalue weighted by Gasteiger charge is 2.29. The minimum atomic E-state index is -2.96. The van der Waals surface area contributed by atoms with E-state index in [0.29, 0.717) is 0 Å². The molecule has 0 aliphatic heterocycles. The molecule has 0 aliphatic carbocycles. The molecule has 0 bridgehead atoms. The van der Waals surface area contributed by atoms with Gasteiger partial charge in [0.2, 0.25) is 0 Å². The highest BCUT2D eigenvalue weighted by molar-refractivity contribution is 5.20. The zero-order valence-electron chi connectivity index (χ0n) is 6.93. The van der Waals surface area contributed by atoms with E-state index in [9.17, 15) is 13.2 Å². The normalized spacial score (nSPS) is 11.7. The third kappa shape index (κ3) is 2.45. The molecular formula is C9H10F3N. The first-order chi connectivity index (χ1) is 6.06. The Morgan fingerprint density at radius 2 is 1.69 bits per heavy atom. The van der Waals surface area contributed by atoms with Crippen molar-refractivity contribution in [3.63, 3.8) is 0 Å². The molecule has 4 heteroatoms. The molecule has 0 saturated carbocycles. The predicted octanol–water partition coefficient (Wildman–Crippen LogP) is 2.27. The predicted molar refractivity (Wildman–Crippen MR) is 44.0 cm³/mol. The van der Waals surface area contributed by atoms with Gasteiger partial charge >= 0.3 is 0 Å². The molecule has 0 fully saturated rings. The van der Waals surface area contributed by atoms with Gasteiger partial charge in [-0.2, -0.15) is 0 Å². The number of nitrogens with two attached hydrogens (primary N) is 1. The maximum Gasteiger partial charge on any atom is 0.274 e. The van der Waals surface area contributed by atoms with E-state index in [1.54, 1.807) is 0 Å². The van der Waals surface area contributed by atoms with E-state index in [2.05, 4.69) is 0 Å². The summed E-state index contributed by atoms with van der Waals surface area (Å²) < 4.78 is 38.6. The van der Waals surface area contributed by atoms with Gasteiger partial charge in [0.1, 0.15) is 5.82 Å². The number of halogens is 3. The molecule has 0 heterocycles. The number of alkyl halides is 2. The topological polar surface area (TPSA) is 26.0 Å². The van der Waals surface area contributed by atoms with E-state index in [0.717, 1.165) is 24.3 Å². The van der Waals surface area contributed by atoms with E-state index in [-0.39, 0.29) is 12.1 Å². The minimum Gasteiger partial charge on any atom is -0.330 e. The maximum atomic E-state index is 13.1. The van der Waals surface area contributed by atoms with Crippen LogP contribution in [-0.2, 0) is 5.92 Å². The zero-order valence-corrected chi connectivity index (χ0v) is 6.93. The van der Waals surface area contributed by atoms with Crippen LogP contribution in [0.3, 0.4) is 0 Å². The summed E-state index contributed by atoms with van der Waals surface area (Å²) in [6, 6.07) is 4.18. The quantitative estimate of drug-likeness (QED) is 0.775. The van der Waals surface area contributed by atoms with Crippen LogP contribution in [0.2, 0.25) is 0 Å². The standard InChI is InChI=1S/C9H10F3N/c10-8-3-1-7(2-4-8)9(11,12)5-6-13/h1-4H,5-6,13H2. The maximum absolute atomic E-state index is 13.1. The van der Waals surface area contributed by atoms with Crippen molar-refractivity contribution < 1.29 is 13.2 Å². The Kier molecular flexibility index (Phi) is 2.93. The van der Waals surface area contributed by atoms with Gasteiger partial charge in [0.05, 0.1) is 0 Å². The summed E-state index contributed by atoms with van der Waals surface area (Å²) in [7, 11) is 0. The van der Waals surface area contributed by atoms with Crippen molar-refractivity contribution in [3.8, 4) is 0 Å². The van der Waals surface area contributed by atoms with E-state index in [1.807, 2.05) is 0 Å². The first-order valence-electron chi connectivity index (χ1n) is 3.90. The van der Waals surface area contributed by atoms with Crippen LogP contribution >= 0.6 is 0 Å². The van der Waals surface area contributed by atoms with E-state index in [4.69, 9.17) is 5.73 Å². The van der Waals surface area contributed by atoms with Crippen molar-refractivity contribution in [2.45, 2.75) is 12.3 Å². The summed E-state index contributed by atoms with van der Waals surface area (Å²) in [5, 5.41) is 0. The van der Waals surface area contributed by atoms with Gasteiger partial charge in [-0.05, 0) is 18.7 Å². The smallest absolute Gasteiger partial charge is 0.274 e. The SMILES string of the molecule is NCCC(F)(F)c1ccc(F)cc1. The van der Waals surface area contributed by atoms with Crippen LogP contribution in [0.15, 0.2) is 24.3 Å². The molecule has 0 unspecified atom stereocenters.